The summed E-state index contributed by atoms with van der Waals surface area (Å²) in [6, 6.07) is 9.36. The average molecular weight is 273 g/mol. The monoisotopic (exact) mass is 273 g/mol. The van der Waals surface area contributed by atoms with Gasteiger partial charge in [-0.05, 0) is 18.1 Å². The van der Waals surface area contributed by atoms with Gasteiger partial charge in [-0.3, -0.25) is 4.79 Å². The number of rotatable bonds is 5. The second kappa shape index (κ2) is 6.29. The topological polar surface area (TPSA) is 85.8 Å². The van der Waals surface area contributed by atoms with Crippen molar-refractivity contribution in [2.75, 3.05) is 6.54 Å². The van der Waals surface area contributed by atoms with Crippen molar-refractivity contribution in [3.8, 4) is 5.69 Å². The zero-order chi connectivity index (χ0) is 14.5. The molecule has 0 saturated carbocycles. The standard InChI is InChI=1S/C14H19N5O/c1-10(2)12(15)8-16-14(20)13-9-17-19(18-13)11-6-4-3-5-7-11/h3-7,9-10,12H,8,15H2,1-2H3,(H,16,20). The number of hydrogen-bond acceptors (Lipinski definition) is 4. The highest BCUT2D eigenvalue weighted by Crippen LogP contribution is 2.04. The van der Waals surface area contributed by atoms with Crippen LogP contribution in [0.2, 0.25) is 0 Å². The minimum absolute atomic E-state index is 0.0666. The van der Waals surface area contributed by atoms with Gasteiger partial charge in [-0.25, -0.2) is 0 Å². The SMILES string of the molecule is CC(C)C(N)CNC(=O)c1cnn(-c2ccccc2)n1. The van der Waals surface area contributed by atoms with Crippen LogP contribution in [0.4, 0.5) is 0 Å². The van der Waals surface area contributed by atoms with Crippen molar-refractivity contribution < 1.29 is 4.79 Å². The Labute approximate surface area is 118 Å². The minimum atomic E-state index is -0.261. The molecule has 6 nitrogen and oxygen atoms in total. The molecule has 0 radical (unpaired) electrons. The summed E-state index contributed by atoms with van der Waals surface area (Å²) in [6.07, 6.45) is 1.45. The lowest BCUT2D eigenvalue weighted by atomic mass is 10.1. The molecule has 20 heavy (non-hydrogen) atoms. The van der Waals surface area contributed by atoms with Crippen molar-refractivity contribution in [3.05, 3.63) is 42.2 Å². The fraction of sp³-hybridized carbons (Fsp3) is 0.357. The highest BCUT2D eigenvalue weighted by atomic mass is 16.2. The largest absolute Gasteiger partial charge is 0.349 e. The number of nitrogens with two attached hydrogens (primary N) is 1. The summed E-state index contributed by atoms with van der Waals surface area (Å²) >= 11 is 0. The summed E-state index contributed by atoms with van der Waals surface area (Å²) in [6.45, 7) is 4.46. The van der Waals surface area contributed by atoms with Crippen LogP contribution in [0.25, 0.3) is 5.69 Å². The Morgan fingerprint density at radius 1 is 1.35 bits per heavy atom. The van der Waals surface area contributed by atoms with E-state index in [0.29, 0.717) is 12.5 Å². The molecule has 0 saturated heterocycles. The van der Waals surface area contributed by atoms with Crippen LogP contribution >= 0.6 is 0 Å². The van der Waals surface area contributed by atoms with E-state index < -0.39 is 0 Å². The first-order valence-electron chi connectivity index (χ1n) is 6.59. The Morgan fingerprint density at radius 2 is 2.05 bits per heavy atom. The molecule has 1 aromatic heterocycles. The number of nitrogens with one attached hydrogen (secondary N) is 1. The number of carbonyl (C=O) groups excluding carboxylic acids is 1. The van der Waals surface area contributed by atoms with E-state index in [-0.39, 0.29) is 17.6 Å². The fourth-order valence-electron chi connectivity index (χ4n) is 1.59. The van der Waals surface area contributed by atoms with E-state index in [2.05, 4.69) is 15.5 Å². The van der Waals surface area contributed by atoms with Crippen molar-refractivity contribution >= 4 is 5.91 Å². The molecule has 0 bridgehead atoms. The highest BCUT2D eigenvalue weighted by Gasteiger charge is 2.14. The molecule has 0 spiro atoms. The number of nitrogens with zero attached hydrogens (tertiary/aromatic N) is 3. The van der Waals surface area contributed by atoms with Crippen LogP contribution in [0.1, 0.15) is 24.3 Å². The van der Waals surface area contributed by atoms with Gasteiger partial charge >= 0.3 is 0 Å². The Morgan fingerprint density at radius 3 is 2.70 bits per heavy atom. The predicted octanol–water partition coefficient (Wildman–Crippen LogP) is 0.980. The van der Waals surface area contributed by atoms with E-state index in [1.807, 2.05) is 44.2 Å². The minimum Gasteiger partial charge on any atom is -0.349 e. The third kappa shape index (κ3) is 3.42. The summed E-state index contributed by atoms with van der Waals surface area (Å²) < 4.78 is 0. The van der Waals surface area contributed by atoms with Gasteiger partial charge in [-0.1, -0.05) is 32.0 Å². The molecule has 2 rings (SSSR count). The maximum absolute atomic E-state index is 11.9. The molecular formula is C14H19N5O. The maximum Gasteiger partial charge on any atom is 0.273 e. The number of carbonyl (C=O) groups is 1. The summed E-state index contributed by atoms with van der Waals surface area (Å²) in [5.41, 5.74) is 6.98. The Bertz CT molecular complexity index is 564. The first kappa shape index (κ1) is 14.2. The van der Waals surface area contributed by atoms with Crippen molar-refractivity contribution in [2.24, 2.45) is 11.7 Å². The zero-order valence-corrected chi connectivity index (χ0v) is 11.7. The van der Waals surface area contributed by atoms with E-state index >= 15 is 0 Å². The van der Waals surface area contributed by atoms with Crippen LogP contribution in [0, 0.1) is 5.92 Å². The van der Waals surface area contributed by atoms with Gasteiger partial charge in [-0.15, -0.1) is 5.10 Å². The molecular weight excluding hydrogens is 254 g/mol. The molecule has 1 amide bonds. The molecule has 1 heterocycles. The Balaban J connectivity index is 2.00. The van der Waals surface area contributed by atoms with E-state index in [1.54, 1.807) is 0 Å². The van der Waals surface area contributed by atoms with Gasteiger partial charge in [0.15, 0.2) is 5.69 Å². The average Bonchev–Trinajstić information content (AvgIpc) is 2.95. The normalized spacial score (nSPS) is 12.4. The Hall–Kier alpha value is -2.21. The fourth-order valence-corrected chi connectivity index (χ4v) is 1.59. The van der Waals surface area contributed by atoms with Gasteiger partial charge in [0, 0.05) is 12.6 Å². The third-order valence-corrected chi connectivity index (χ3v) is 3.07. The number of amides is 1. The first-order chi connectivity index (χ1) is 9.58. The molecule has 0 aliphatic carbocycles. The lowest BCUT2D eigenvalue weighted by Crippen LogP contribution is -2.40. The van der Waals surface area contributed by atoms with Crippen LogP contribution < -0.4 is 11.1 Å². The van der Waals surface area contributed by atoms with Crippen molar-refractivity contribution in [2.45, 2.75) is 19.9 Å². The molecule has 1 atom stereocenters. The summed E-state index contributed by atoms with van der Waals surface area (Å²) in [5, 5.41) is 11.0. The highest BCUT2D eigenvalue weighted by molar-refractivity contribution is 5.91. The number of benzene rings is 1. The lowest BCUT2D eigenvalue weighted by molar-refractivity contribution is 0.0944. The molecule has 1 unspecified atom stereocenters. The van der Waals surface area contributed by atoms with E-state index in [0.717, 1.165) is 5.69 Å². The van der Waals surface area contributed by atoms with Crippen molar-refractivity contribution in [1.82, 2.24) is 20.3 Å². The van der Waals surface area contributed by atoms with Gasteiger partial charge in [0.1, 0.15) is 0 Å². The molecule has 6 heteroatoms. The third-order valence-electron chi connectivity index (χ3n) is 3.07. The molecule has 1 aromatic carbocycles. The number of aromatic nitrogens is 3. The van der Waals surface area contributed by atoms with Crippen LogP contribution in [0.3, 0.4) is 0 Å². The van der Waals surface area contributed by atoms with Gasteiger partial charge in [0.25, 0.3) is 5.91 Å². The van der Waals surface area contributed by atoms with Gasteiger partial charge in [0.2, 0.25) is 0 Å². The molecule has 0 aliphatic rings. The van der Waals surface area contributed by atoms with Crippen LogP contribution in [-0.2, 0) is 0 Å². The second-order valence-electron chi connectivity index (χ2n) is 4.97. The van der Waals surface area contributed by atoms with E-state index in [4.69, 9.17) is 5.73 Å². The Kier molecular flexibility index (Phi) is 4.47. The molecule has 2 aromatic rings. The number of para-hydroxylation sites is 1. The van der Waals surface area contributed by atoms with E-state index in [9.17, 15) is 4.79 Å². The van der Waals surface area contributed by atoms with Gasteiger partial charge < -0.3 is 11.1 Å². The summed E-state index contributed by atoms with van der Waals surface area (Å²) in [4.78, 5) is 13.4. The molecule has 106 valence electrons. The van der Waals surface area contributed by atoms with E-state index in [1.165, 1.54) is 11.0 Å². The molecule has 0 aliphatic heterocycles. The van der Waals surface area contributed by atoms with Crippen LogP contribution in [0.15, 0.2) is 36.5 Å². The molecule has 3 N–H and O–H groups in total. The maximum atomic E-state index is 11.9. The van der Waals surface area contributed by atoms with Gasteiger partial charge in [0.05, 0.1) is 11.9 Å². The van der Waals surface area contributed by atoms with Gasteiger partial charge in [-0.2, -0.15) is 9.90 Å². The molecule has 0 fully saturated rings. The van der Waals surface area contributed by atoms with Crippen LogP contribution in [-0.4, -0.2) is 33.5 Å². The quantitative estimate of drug-likeness (QED) is 0.850. The zero-order valence-electron chi connectivity index (χ0n) is 11.7. The number of hydrogen-bond donors (Lipinski definition) is 2. The smallest absolute Gasteiger partial charge is 0.273 e. The summed E-state index contributed by atoms with van der Waals surface area (Å²) in [5.74, 6) is 0.0542. The summed E-state index contributed by atoms with van der Waals surface area (Å²) in [7, 11) is 0. The lowest BCUT2D eigenvalue weighted by Gasteiger charge is -2.15. The second-order valence-corrected chi connectivity index (χ2v) is 4.97. The van der Waals surface area contributed by atoms with Crippen LogP contribution in [0.5, 0.6) is 0 Å². The van der Waals surface area contributed by atoms with Crippen molar-refractivity contribution in [1.29, 1.82) is 0 Å². The first-order valence-corrected chi connectivity index (χ1v) is 6.59. The van der Waals surface area contributed by atoms with Crippen molar-refractivity contribution in [3.63, 3.8) is 0 Å². The predicted molar refractivity (Wildman–Crippen MR) is 76.5 cm³/mol.